The molecule has 0 saturated carbocycles. The standard InChI is InChI=1S/C10H10FNO/c1-7-8(5-6-10(12)13)3-2-4-9(7)11/h2-6H,1H3,(H2,12,13). The zero-order chi connectivity index (χ0) is 9.84. The molecule has 0 radical (unpaired) electrons. The van der Waals surface area contributed by atoms with Crippen molar-refractivity contribution in [2.75, 3.05) is 0 Å². The van der Waals surface area contributed by atoms with Crippen LogP contribution < -0.4 is 5.73 Å². The number of primary amides is 1. The highest BCUT2D eigenvalue weighted by Gasteiger charge is 1.99. The molecule has 1 amide bonds. The van der Waals surface area contributed by atoms with Gasteiger partial charge in [0.15, 0.2) is 0 Å². The van der Waals surface area contributed by atoms with E-state index >= 15 is 0 Å². The number of hydrogen-bond acceptors (Lipinski definition) is 1. The van der Waals surface area contributed by atoms with Crippen molar-refractivity contribution in [2.45, 2.75) is 6.92 Å². The van der Waals surface area contributed by atoms with E-state index in [4.69, 9.17) is 5.73 Å². The average Bonchev–Trinajstić information content (AvgIpc) is 2.07. The minimum atomic E-state index is -0.538. The van der Waals surface area contributed by atoms with Gasteiger partial charge in [0.05, 0.1) is 0 Å². The van der Waals surface area contributed by atoms with E-state index in [0.29, 0.717) is 11.1 Å². The van der Waals surface area contributed by atoms with Crippen molar-refractivity contribution in [3.63, 3.8) is 0 Å². The first-order chi connectivity index (χ1) is 6.11. The summed E-state index contributed by atoms with van der Waals surface area (Å²) in [5.74, 6) is -0.824. The fourth-order valence-corrected chi connectivity index (χ4v) is 0.977. The number of carbonyl (C=O) groups is 1. The molecule has 0 unspecified atom stereocenters. The third kappa shape index (κ3) is 2.40. The van der Waals surface area contributed by atoms with Gasteiger partial charge in [0.1, 0.15) is 5.82 Å². The minimum Gasteiger partial charge on any atom is -0.366 e. The van der Waals surface area contributed by atoms with E-state index in [1.54, 1.807) is 19.1 Å². The van der Waals surface area contributed by atoms with Gasteiger partial charge in [-0.2, -0.15) is 0 Å². The fraction of sp³-hybridized carbons (Fsp3) is 0.100. The largest absolute Gasteiger partial charge is 0.366 e. The first kappa shape index (κ1) is 9.45. The summed E-state index contributed by atoms with van der Waals surface area (Å²) in [6.07, 6.45) is 2.71. The van der Waals surface area contributed by atoms with Gasteiger partial charge >= 0.3 is 0 Å². The Kier molecular flexibility index (Phi) is 2.80. The second kappa shape index (κ2) is 3.85. The Hall–Kier alpha value is -1.64. The molecular formula is C10H10FNO. The Labute approximate surface area is 75.9 Å². The van der Waals surface area contributed by atoms with Crippen molar-refractivity contribution in [1.29, 1.82) is 0 Å². The Balaban J connectivity index is 3.02. The van der Waals surface area contributed by atoms with Crippen LogP contribution in [0.15, 0.2) is 24.3 Å². The van der Waals surface area contributed by atoms with Gasteiger partial charge in [-0.05, 0) is 30.2 Å². The molecular weight excluding hydrogens is 169 g/mol. The summed E-state index contributed by atoms with van der Waals surface area (Å²) in [7, 11) is 0. The van der Waals surface area contributed by atoms with E-state index in [1.165, 1.54) is 18.2 Å². The highest BCUT2D eigenvalue weighted by atomic mass is 19.1. The average molecular weight is 179 g/mol. The second-order valence-electron chi connectivity index (χ2n) is 2.69. The smallest absolute Gasteiger partial charge is 0.241 e. The molecule has 0 fully saturated rings. The number of nitrogens with two attached hydrogens (primary N) is 1. The quantitative estimate of drug-likeness (QED) is 0.689. The van der Waals surface area contributed by atoms with Crippen molar-refractivity contribution < 1.29 is 9.18 Å². The maximum Gasteiger partial charge on any atom is 0.241 e. The van der Waals surface area contributed by atoms with Crippen LogP contribution in [0.3, 0.4) is 0 Å². The number of halogens is 1. The summed E-state index contributed by atoms with van der Waals surface area (Å²) in [6.45, 7) is 1.65. The molecule has 2 N–H and O–H groups in total. The summed E-state index contributed by atoms with van der Waals surface area (Å²) >= 11 is 0. The Morgan fingerprint density at radius 2 is 2.23 bits per heavy atom. The van der Waals surface area contributed by atoms with Crippen molar-refractivity contribution in [3.05, 3.63) is 41.2 Å². The molecule has 1 aromatic carbocycles. The van der Waals surface area contributed by atoms with Crippen LogP contribution in [-0.2, 0) is 4.79 Å². The first-order valence-electron chi connectivity index (χ1n) is 3.84. The molecule has 1 rings (SSSR count). The number of hydrogen-bond donors (Lipinski definition) is 1. The lowest BCUT2D eigenvalue weighted by molar-refractivity contribution is -0.113. The normalized spacial score (nSPS) is 10.6. The topological polar surface area (TPSA) is 43.1 Å². The van der Waals surface area contributed by atoms with Crippen LogP contribution in [0.5, 0.6) is 0 Å². The maximum absolute atomic E-state index is 13.0. The van der Waals surface area contributed by atoms with Gasteiger partial charge in [-0.3, -0.25) is 4.79 Å². The summed E-state index contributed by atoms with van der Waals surface area (Å²) in [5, 5.41) is 0. The van der Waals surface area contributed by atoms with Crippen LogP contribution in [0.4, 0.5) is 4.39 Å². The van der Waals surface area contributed by atoms with Crippen molar-refractivity contribution in [1.82, 2.24) is 0 Å². The molecule has 2 nitrogen and oxygen atoms in total. The second-order valence-corrected chi connectivity index (χ2v) is 2.69. The monoisotopic (exact) mass is 179 g/mol. The SMILES string of the molecule is Cc1c(F)cccc1C=CC(N)=O. The predicted octanol–water partition coefficient (Wildman–Crippen LogP) is 1.63. The zero-order valence-corrected chi connectivity index (χ0v) is 7.25. The summed E-state index contributed by atoms with van der Waals surface area (Å²) in [4.78, 5) is 10.4. The van der Waals surface area contributed by atoms with Crippen molar-refractivity contribution in [2.24, 2.45) is 5.73 Å². The van der Waals surface area contributed by atoms with Crippen molar-refractivity contribution in [3.8, 4) is 0 Å². The van der Waals surface area contributed by atoms with Crippen molar-refractivity contribution >= 4 is 12.0 Å². The summed E-state index contributed by atoms with van der Waals surface area (Å²) in [6, 6.07) is 4.68. The van der Waals surface area contributed by atoms with Gasteiger partial charge in [0.25, 0.3) is 0 Å². The van der Waals surface area contributed by atoms with E-state index in [2.05, 4.69) is 0 Å². The molecule has 0 aliphatic carbocycles. The van der Waals surface area contributed by atoms with Gasteiger partial charge in [-0.25, -0.2) is 4.39 Å². The molecule has 68 valence electrons. The van der Waals surface area contributed by atoms with Gasteiger partial charge in [-0.15, -0.1) is 0 Å². The lowest BCUT2D eigenvalue weighted by Gasteiger charge is -1.99. The highest BCUT2D eigenvalue weighted by Crippen LogP contribution is 2.13. The Bertz CT molecular complexity index is 358. The minimum absolute atomic E-state index is 0.286. The molecule has 0 saturated heterocycles. The van der Waals surface area contributed by atoms with Crippen LogP contribution in [0.2, 0.25) is 0 Å². The molecule has 0 aliphatic rings. The molecule has 1 aromatic rings. The molecule has 0 heterocycles. The first-order valence-corrected chi connectivity index (χ1v) is 3.84. The van der Waals surface area contributed by atoms with Crippen LogP contribution in [0.1, 0.15) is 11.1 Å². The zero-order valence-electron chi connectivity index (χ0n) is 7.25. The van der Waals surface area contributed by atoms with Gasteiger partial charge in [0, 0.05) is 6.08 Å². The molecule has 0 aliphatic heterocycles. The molecule has 0 atom stereocenters. The Morgan fingerprint density at radius 3 is 2.85 bits per heavy atom. The van der Waals surface area contributed by atoms with Crippen LogP contribution >= 0.6 is 0 Å². The number of benzene rings is 1. The third-order valence-electron chi connectivity index (χ3n) is 1.74. The summed E-state index contributed by atoms with van der Waals surface area (Å²) in [5.41, 5.74) is 6.09. The predicted molar refractivity (Wildman–Crippen MR) is 49.4 cm³/mol. The van der Waals surface area contributed by atoms with E-state index < -0.39 is 5.91 Å². The van der Waals surface area contributed by atoms with Gasteiger partial charge in [0.2, 0.25) is 5.91 Å². The fourth-order valence-electron chi connectivity index (χ4n) is 0.977. The van der Waals surface area contributed by atoms with Crippen LogP contribution in [0.25, 0.3) is 6.08 Å². The molecule has 0 aromatic heterocycles. The Morgan fingerprint density at radius 1 is 1.54 bits per heavy atom. The lowest BCUT2D eigenvalue weighted by atomic mass is 10.1. The molecule has 0 bridgehead atoms. The lowest BCUT2D eigenvalue weighted by Crippen LogP contribution is -2.05. The van der Waals surface area contributed by atoms with Gasteiger partial charge < -0.3 is 5.73 Å². The van der Waals surface area contributed by atoms with E-state index in [1.807, 2.05) is 0 Å². The highest BCUT2D eigenvalue weighted by molar-refractivity contribution is 5.90. The van der Waals surface area contributed by atoms with Gasteiger partial charge in [-0.1, -0.05) is 12.1 Å². The van der Waals surface area contributed by atoms with E-state index in [0.717, 1.165) is 0 Å². The van der Waals surface area contributed by atoms with Crippen LogP contribution in [0, 0.1) is 12.7 Å². The maximum atomic E-state index is 13.0. The number of rotatable bonds is 2. The number of amides is 1. The summed E-state index contributed by atoms with van der Waals surface area (Å²) < 4.78 is 13.0. The molecule has 0 spiro atoms. The van der Waals surface area contributed by atoms with E-state index in [9.17, 15) is 9.18 Å². The molecule has 13 heavy (non-hydrogen) atoms. The molecule has 3 heteroatoms. The van der Waals surface area contributed by atoms with E-state index in [-0.39, 0.29) is 5.82 Å². The number of carbonyl (C=O) groups excluding carboxylic acids is 1. The third-order valence-corrected chi connectivity index (χ3v) is 1.74. The van der Waals surface area contributed by atoms with Crippen LogP contribution in [-0.4, -0.2) is 5.91 Å².